The van der Waals surface area contributed by atoms with Crippen molar-refractivity contribution >= 4 is 5.97 Å². The number of esters is 1. The van der Waals surface area contributed by atoms with Crippen LogP contribution in [0.5, 0.6) is 0 Å². The lowest BCUT2D eigenvalue weighted by atomic mass is 10.1. The Kier molecular flexibility index (Phi) is 4.79. The highest BCUT2D eigenvalue weighted by Crippen LogP contribution is 2.26. The van der Waals surface area contributed by atoms with Crippen LogP contribution in [0.4, 0.5) is 22.0 Å². The van der Waals surface area contributed by atoms with Gasteiger partial charge in [-0.3, -0.25) is 4.79 Å². The molecular formula is C7H9F5O2. The molecule has 0 saturated carbocycles. The fraction of sp³-hybridized carbons (Fsp3) is 0.857. The van der Waals surface area contributed by atoms with Gasteiger partial charge in [-0.25, -0.2) is 13.2 Å². The highest BCUT2D eigenvalue weighted by atomic mass is 19.3. The van der Waals surface area contributed by atoms with Crippen molar-refractivity contribution in [3.63, 3.8) is 0 Å². The second-order valence-corrected chi connectivity index (χ2v) is 2.63. The standard InChI is InChI=1S/C7H9F5O2/c1-4(8)7(11,12)3-2-5(13)14-6(9)10/h4,6H,2-3H2,1H3. The van der Waals surface area contributed by atoms with Crippen molar-refractivity contribution in [2.75, 3.05) is 0 Å². The van der Waals surface area contributed by atoms with Crippen molar-refractivity contribution in [1.29, 1.82) is 0 Å². The van der Waals surface area contributed by atoms with Crippen molar-refractivity contribution in [1.82, 2.24) is 0 Å². The number of carbonyl (C=O) groups is 1. The number of rotatable bonds is 5. The van der Waals surface area contributed by atoms with E-state index in [1.54, 1.807) is 0 Å². The molecule has 0 amide bonds. The summed E-state index contributed by atoms with van der Waals surface area (Å²) < 4.78 is 63.1. The lowest BCUT2D eigenvalue weighted by molar-refractivity contribution is -0.178. The Balaban J connectivity index is 3.88. The number of carbonyl (C=O) groups excluding carboxylic acids is 1. The van der Waals surface area contributed by atoms with E-state index in [0.29, 0.717) is 6.92 Å². The minimum atomic E-state index is -3.69. The van der Waals surface area contributed by atoms with Crippen molar-refractivity contribution in [3.8, 4) is 0 Å². The molecule has 0 radical (unpaired) electrons. The van der Waals surface area contributed by atoms with Crippen LogP contribution in [-0.2, 0) is 9.53 Å². The van der Waals surface area contributed by atoms with E-state index in [2.05, 4.69) is 4.74 Å². The molecule has 14 heavy (non-hydrogen) atoms. The van der Waals surface area contributed by atoms with Crippen LogP contribution in [0.25, 0.3) is 0 Å². The van der Waals surface area contributed by atoms with Crippen molar-refractivity contribution in [2.24, 2.45) is 0 Å². The molecule has 0 spiro atoms. The maximum atomic E-state index is 12.5. The van der Waals surface area contributed by atoms with Gasteiger partial charge in [-0.1, -0.05) is 0 Å². The van der Waals surface area contributed by atoms with E-state index in [1.807, 2.05) is 0 Å². The highest BCUT2D eigenvalue weighted by Gasteiger charge is 2.37. The summed E-state index contributed by atoms with van der Waals surface area (Å²) in [4.78, 5) is 10.4. The van der Waals surface area contributed by atoms with E-state index in [4.69, 9.17) is 0 Å². The summed E-state index contributed by atoms with van der Waals surface area (Å²) in [7, 11) is 0. The Morgan fingerprint density at radius 2 is 1.86 bits per heavy atom. The summed E-state index contributed by atoms with van der Waals surface area (Å²) in [6.45, 7) is -2.71. The largest absolute Gasteiger partial charge is 0.403 e. The van der Waals surface area contributed by atoms with Gasteiger partial charge in [0.1, 0.15) is 0 Å². The molecule has 0 bridgehead atoms. The van der Waals surface area contributed by atoms with Crippen LogP contribution in [0.2, 0.25) is 0 Å². The molecule has 0 aliphatic rings. The van der Waals surface area contributed by atoms with Gasteiger partial charge in [0.25, 0.3) is 5.92 Å². The van der Waals surface area contributed by atoms with E-state index in [-0.39, 0.29) is 0 Å². The molecule has 0 rings (SSSR count). The van der Waals surface area contributed by atoms with Gasteiger partial charge in [-0.15, -0.1) is 0 Å². The lowest BCUT2D eigenvalue weighted by Gasteiger charge is -2.16. The first kappa shape index (κ1) is 13.1. The van der Waals surface area contributed by atoms with Crippen LogP contribution in [0.3, 0.4) is 0 Å². The number of alkyl halides is 5. The van der Waals surface area contributed by atoms with Crippen LogP contribution in [-0.4, -0.2) is 24.7 Å². The summed E-state index contributed by atoms with van der Waals surface area (Å²) in [6.07, 6.45) is -4.51. The Bertz CT molecular complexity index is 193. The first-order chi connectivity index (χ1) is 6.25. The van der Waals surface area contributed by atoms with Crippen LogP contribution in [0, 0.1) is 0 Å². The lowest BCUT2D eigenvalue weighted by Crippen LogP contribution is -2.28. The van der Waals surface area contributed by atoms with Gasteiger partial charge >= 0.3 is 12.6 Å². The summed E-state index contributed by atoms with van der Waals surface area (Å²) in [5, 5.41) is 0. The van der Waals surface area contributed by atoms with Gasteiger partial charge in [0.05, 0.1) is 6.42 Å². The van der Waals surface area contributed by atoms with Crippen molar-refractivity contribution in [2.45, 2.75) is 38.5 Å². The van der Waals surface area contributed by atoms with Crippen LogP contribution >= 0.6 is 0 Å². The maximum absolute atomic E-state index is 12.5. The van der Waals surface area contributed by atoms with Crippen molar-refractivity contribution < 1.29 is 31.5 Å². The Morgan fingerprint density at radius 3 is 2.21 bits per heavy atom. The summed E-state index contributed by atoms with van der Waals surface area (Å²) in [5.41, 5.74) is 0. The smallest absolute Gasteiger partial charge is 0.389 e. The van der Waals surface area contributed by atoms with Gasteiger partial charge in [0.2, 0.25) is 0 Å². The minimum Gasteiger partial charge on any atom is -0.403 e. The van der Waals surface area contributed by atoms with Crippen LogP contribution in [0.1, 0.15) is 19.8 Å². The number of hydrogen-bond acceptors (Lipinski definition) is 2. The zero-order valence-electron chi connectivity index (χ0n) is 7.28. The molecular weight excluding hydrogens is 211 g/mol. The molecule has 0 fully saturated rings. The van der Waals surface area contributed by atoms with Gasteiger partial charge in [-0.05, 0) is 6.92 Å². The summed E-state index contributed by atoms with van der Waals surface area (Å²) in [5.74, 6) is -5.17. The first-order valence-corrected chi connectivity index (χ1v) is 3.75. The Hall–Kier alpha value is -0.880. The predicted octanol–water partition coefficient (Wildman–Crippen LogP) is 2.53. The van der Waals surface area contributed by atoms with Crippen LogP contribution in [0.15, 0.2) is 0 Å². The molecule has 1 unspecified atom stereocenters. The zero-order valence-corrected chi connectivity index (χ0v) is 7.28. The predicted molar refractivity (Wildman–Crippen MR) is 36.8 cm³/mol. The quantitative estimate of drug-likeness (QED) is 0.525. The average Bonchev–Trinajstić information content (AvgIpc) is 1.99. The van der Waals surface area contributed by atoms with Crippen LogP contribution < -0.4 is 0 Å². The Morgan fingerprint density at radius 1 is 1.36 bits per heavy atom. The molecule has 84 valence electrons. The highest BCUT2D eigenvalue weighted by molar-refractivity contribution is 5.69. The fourth-order valence-electron chi connectivity index (χ4n) is 0.626. The molecule has 2 nitrogen and oxygen atoms in total. The van der Waals surface area contributed by atoms with Gasteiger partial charge in [0.15, 0.2) is 6.17 Å². The molecule has 0 N–H and O–H groups in total. The van der Waals surface area contributed by atoms with Gasteiger partial charge in [-0.2, -0.15) is 8.78 Å². The Labute approximate surface area is 77.0 Å². The normalized spacial score (nSPS) is 14.2. The van der Waals surface area contributed by atoms with E-state index < -0.39 is 37.5 Å². The monoisotopic (exact) mass is 220 g/mol. The SMILES string of the molecule is CC(F)C(F)(F)CCC(=O)OC(F)F. The van der Waals surface area contributed by atoms with Gasteiger partial charge in [0, 0.05) is 6.42 Å². The molecule has 0 aromatic rings. The second kappa shape index (κ2) is 5.11. The summed E-state index contributed by atoms with van der Waals surface area (Å²) >= 11 is 0. The molecule has 0 saturated heterocycles. The first-order valence-electron chi connectivity index (χ1n) is 3.75. The number of halogens is 5. The summed E-state index contributed by atoms with van der Waals surface area (Å²) in [6, 6.07) is 0. The molecule has 0 aromatic carbocycles. The molecule has 7 heteroatoms. The number of ether oxygens (including phenoxy) is 1. The third-order valence-corrected chi connectivity index (χ3v) is 1.46. The molecule has 0 aromatic heterocycles. The van der Waals surface area contributed by atoms with E-state index in [1.165, 1.54) is 0 Å². The average molecular weight is 220 g/mol. The van der Waals surface area contributed by atoms with Crippen molar-refractivity contribution in [3.05, 3.63) is 0 Å². The van der Waals surface area contributed by atoms with E-state index in [0.717, 1.165) is 0 Å². The topological polar surface area (TPSA) is 26.3 Å². The van der Waals surface area contributed by atoms with E-state index in [9.17, 15) is 26.7 Å². The zero-order chi connectivity index (χ0) is 11.4. The van der Waals surface area contributed by atoms with Gasteiger partial charge < -0.3 is 4.74 Å². The third-order valence-electron chi connectivity index (χ3n) is 1.46. The number of hydrogen-bond donors (Lipinski definition) is 0. The fourth-order valence-corrected chi connectivity index (χ4v) is 0.626. The molecule has 0 aliphatic heterocycles. The second-order valence-electron chi connectivity index (χ2n) is 2.63. The van der Waals surface area contributed by atoms with E-state index >= 15 is 0 Å². The minimum absolute atomic E-state index is 0.623. The molecule has 0 heterocycles. The maximum Gasteiger partial charge on any atom is 0.389 e. The third kappa shape index (κ3) is 4.98. The molecule has 1 atom stereocenters. The molecule has 0 aliphatic carbocycles.